The predicted molar refractivity (Wildman–Crippen MR) is 96.8 cm³/mol. The van der Waals surface area contributed by atoms with Crippen LogP contribution in [0.25, 0.3) is 10.9 Å². The molecule has 25 heavy (non-hydrogen) atoms. The molecule has 1 aliphatic heterocycles. The molecule has 0 spiro atoms. The smallest absolute Gasteiger partial charge is 0.339 e. The first-order valence-corrected chi connectivity index (χ1v) is 9.41. The van der Waals surface area contributed by atoms with Crippen molar-refractivity contribution < 1.29 is 14.3 Å². The fourth-order valence-electron chi connectivity index (χ4n) is 3.98. The average molecular weight is 339 g/mol. The standard InChI is InChI=1S/C21H25NO3/c1-14-9-10-19-17(12-14)20(16-7-2-3-8-18(16)22-19)21(23)25-13-15-6-4-5-11-24-15/h2-3,7-8,14-15H,4-6,9-13H2,1H3/t14-,15-/m0/s1. The van der Waals surface area contributed by atoms with E-state index in [4.69, 9.17) is 14.5 Å². The summed E-state index contributed by atoms with van der Waals surface area (Å²) in [6, 6.07) is 7.89. The predicted octanol–water partition coefficient (Wildman–Crippen LogP) is 4.09. The van der Waals surface area contributed by atoms with Crippen molar-refractivity contribution in [1.29, 1.82) is 0 Å². The molecule has 4 heteroatoms. The molecule has 0 saturated carbocycles. The number of aryl methyl sites for hydroxylation is 1. The van der Waals surface area contributed by atoms with Gasteiger partial charge in [-0.1, -0.05) is 25.1 Å². The summed E-state index contributed by atoms with van der Waals surface area (Å²) in [5.41, 5.74) is 3.77. The number of benzene rings is 1. The van der Waals surface area contributed by atoms with Gasteiger partial charge in [-0.25, -0.2) is 4.79 Å². The van der Waals surface area contributed by atoms with E-state index in [0.717, 1.165) is 72.9 Å². The van der Waals surface area contributed by atoms with Crippen molar-refractivity contribution in [3.05, 3.63) is 41.1 Å². The molecule has 0 amide bonds. The number of nitrogens with zero attached hydrogens (tertiary/aromatic N) is 1. The quantitative estimate of drug-likeness (QED) is 0.791. The lowest BCUT2D eigenvalue weighted by Gasteiger charge is -2.25. The summed E-state index contributed by atoms with van der Waals surface area (Å²) in [5.74, 6) is 0.349. The molecule has 0 unspecified atom stereocenters. The van der Waals surface area contributed by atoms with Gasteiger partial charge in [-0.15, -0.1) is 0 Å². The number of hydrogen-bond donors (Lipinski definition) is 0. The number of carbonyl (C=O) groups excluding carboxylic acids is 1. The van der Waals surface area contributed by atoms with Gasteiger partial charge in [0.25, 0.3) is 0 Å². The van der Waals surface area contributed by atoms with E-state index in [9.17, 15) is 4.79 Å². The number of carbonyl (C=O) groups is 1. The second-order valence-electron chi connectivity index (χ2n) is 7.36. The maximum atomic E-state index is 13.0. The molecule has 2 aliphatic rings. The van der Waals surface area contributed by atoms with Crippen LogP contribution in [-0.4, -0.2) is 30.3 Å². The number of fused-ring (bicyclic) bond motifs is 2. The molecule has 1 saturated heterocycles. The molecule has 0 radical (unpaired) electrons. The minimum atomic E-state index is -0.224. The van der Waals surface area contributed by atoms with Crippen molar-refractivity contribution in [3.8, 4) is 0 Å². The number of ether oxygens (including phenoxy) is 2. The van der Waals surface area contributed by atoms with E-state index >= 15 is 0 Å². The molecule has 1 fully saturated rings. The van der Waals surface area contributed by atoms with E-state index in [1.165, 1.54) is 0 Å². The van der Waals surface area contributed by atoms with Crippen molar-refractivity contribution in [3.63, 3.8) is 0 Å². The van der Waals surface area contributed by atoms with Crippen LogP contribution in [0.4, 0.5) is 0 Å². The van der Waals surface area contributed by atoms with Crippen LogP contribution in [0.2, 0.25) is 0 Å². The molecule has 2 heterocycles. The minimum Gasteiger partial charge on any atom is -0.459 e. The molecule has 0 bridgehead atoms. The third-order valence-electron chi connectivity index (χ3n) is 5.38. The van der Waals surface area contributed by atoms with Crippen LogP contribution in [0.3, 0.4) is 0 Å². The molecule has 0 N–H and O–H groups in total. The molecular weight excluding hydrogens is 314 g/mol. The topological polar surface area (TPSA) is 48.4 Å². The molecular formula is C21H25NO3. The van der Waals surface area contributed by atoms with Gasteiger partial charge in [-0.05, 0) is 56.1 Å². The Morgan fingerprint density at radius 1 is 1.28 bits per heavy atom. The maximum Gasteiger partial charge on any atom is 0.339 e. The molecule has 4 rings (SSSR count). The molecule has 132 valence electrons. The van der Waals surface area contributed by atoms with Crippen LogP contribution in [0.15, 0.2) is 24.3 Å². The Bertz CT molecular complexity index is 780. The highest BCUT2D eigenvalue weighted by Crippen LogP contribution is 2.32. The van der Waals surface area contributed by atoms with Crippen LogP contribution in [0.5, 0.6) is 0 Å². The summed E-state index contributed by atoms with van der Waals surface area (Å²) < 4.78 is 11.4. The van der Waals surface area contributed by atoms with Crippen molar-refractivity contribution >= 4 is 16.9 Å². The summed E-state index contributed by atoms with van der Waals surface area (Å²) in [5, 5.41) is 0.907. The van der Waals surface area contributed by atoms with E-state index in [-0.39, 0.29) is 12.1 Å². The second kappa shape index (κ2) is 7.12. The lowest BCUT2D eigenvalue weighted by molar-refractivity contribution is -0.0300. The number of hydrogen-bond acceptors (Lipinski definition) is 4. The second-order valence-corrected chi connectivity index (χ2v) is 7.36. The summed E-state index contributed by atoms with van der Waals surface area (Å²) >= 11 is 0. The van der Waals surface area contributed by atoms with Gasteiger partial charge < -0.3 is 9.47 Å². The Balaban J connectivity index is 1.66. The van der Waals surface area contributed by atoms with Gasteiger partial charge in [0.1, 0.15) is 6.61 Å². The van der Waals surface area contributed by atoms with E-state index in [0.29, 0.717) is 12.5 Å². The van der Waals surface area contributed by atoms with Crippen molar-refractivity contribution in [2.24, 2.45) is 5.92 Å². The molecule has 4 nitrogen and oxygen atoms in total. The monoisotopic (exact) mass is 339 g/mol. The highest BCUT2D eigenvalue weighted by molar-refractivity contribution is 6.05. The number of pyridine rings is 1. The Hall–Kier alpha value is -1.94. The highest BCUT2D eigenvalue weighted by Gasteiger charge is 2.27. The number of aromatic nitrogens is 1. The zero-order chi connectivity index (χ0) is 17.2. The van der Waals surface area contributed by atoms with Gasteiger partial charge in [0.15, 0.2) is 0 Å². The van der Waals surface area contributed by atoms with Crippen molar-refractivity contribution in [1.82, 2.24) is 4.98 Å². The lowest BCUT2D eigenvalue weighted by atomic mass is 9.84. The SMILES string of the molecule is C[C@H]1CCc2nc3ccccc3c(C(=O)OC[C@@H]3CCCCO3)c2C1. The highest BCUT2D eigenvalue weighted by atomic mass is 16.6. The van der Waals surface area contributed by atoms with Crippen LogP contribution >= 0.6 is 0 Å². The average Bonchev–Trinajstić information content (AvgIpc) is 2.65. The number of para-hydroxylation sites is 1. The molecule has 2 aromatic rings. The maximum absolute atomic E-state index is 13.0. The molecule has 1 aromatic carbocycles. The van der Waals surface area contributed by atoms with Gasteiger partial charge in [0, 0.05) is 17.7 Å². The van der Waals surface area contributed by atoms with E-state index in [1.54, 1.807) is 0 Å². The Morgan fingerprint density at radius 2 is 2.16 bits per heavy atom. The van der Waals surface area contributed by atoms with Crippen LogP contribution < -0.4 is 0 Å². The number of esters is 1. The van der Waals surface area contributed by atoms with Crippen LogP contribution in [-0.2, 0) is 22.3 Å². The molecule has 2 atom stereocenters. The summed E-state index contributed by atoms with van der Waals surface area (Å²) in [7, 11) is 0. The largest absolute Gasteiger partial charge is 0.459 e. The Labute approximate surface area is 148 Å². The third kappa shape index (κ3) is 3.40. The van der Waals surface area contributed by atoms with Gasteiger partial charge in [0.05, 0.1) is 17.2 Å². The number of rotatable bonds is 3. The first kappa shape index (κ1) is 16.5. The van der Waals surface area contributed by atoms with Crippen LogP contribution in [0, 0.1) is 5.92 Å². The van der Waals surface area contributed by atoms with Gasteiger partial charge in [-0.3, -0.25) is 4.98 Å². The van der Waals surface area contributed by atoms with Gasteiger partial charge in [-0.2, -0.15) is 0 Å². The summed E-state index contributed by atoms with van der Waals surface area (Å²) in [6.07, 6.45) is 6.23. The fraction of sp³-hybridized carbons (Fsp3) is 0.524. The summed E-state index contributed by atoms with van der Waals surface area (Å²) in [4.78, 5) is 17.8. The first-order chi connectivity index (χ1) is 12.2. The van der Waals surface area contributed by atoms with Crippen molar-refractivity contribution in [2.75, 3.05) is 13.2 Å². The summed E-state index contributed by atoms with van der Waals surface area (Å²) in [6.45, 7) is 3.36. The zero-order valence-corrected chi connectivity index (χ0v) is 14.8. The van der Waals surface area contributed by atoms with Gasteiger partial charge in [0.2, 0.25) is 0 Å². The Kier molecular flexibility index (Phi) is 4.71. The fourth-order valence-corrected chi connectivity index (χ4v) is 3.98. The van der Waals surface area contributed by atoms with Crippen molar-refractivity contribution in [2.45, 2.75) is 51.6 Å². The van der Waals surface area contributed by atoms with E-state index in [1.807, 2.05) is 24.3 Å². The lowest BCUT2D eigenvalue weighted by Crippen LogP contribution is -2.27. The minimum absolute atomic E-state index is 0.0422. The molecule has 1 aliphatic carbocycles. The molecule has 1 aromatic heterocycles. The first-order valence-electron chi connectivity index (χ1n) is 9.41. The van der Waals surface area contributed by atoms with Gasteiger partial charge >= 0.3 is 5.97 Å². The van der Waals surface area contributed by atoms with Crippen LogP contribution in [0.1, 0.15) is 54.2 Å². The van der Waals surface area contributed by atoms with E-state index < -0.39 is 0 Å². The third-order valence-corrected chi connectivity index (χ3v) is 5.38. The van der Waals surface area contributed by atoms with E-state index in [2.05, 4.69) is 6.92 Å². The Morgan fingerprint density at radius 3 is 3.00 bits per heavy atom. The normalized spacial score (nSPS) is 23.2. The zero-order valence-electron chi connectivity index (χ0n) is 14.8.